The zero-order valence-electron chi connectivity index (χ0n) is 8.17. The number of hydrogen-bond acceptors (Lipinski definition) is 6. The van der Waals surface area contributed by atoms with E-state index in [0.29, 0.717) is 0 Å². The van der Waals surface area contributed by atoms with E-state index in [9.17, 15) is 0 Å². The average Bonchev–Trinajstić information content (AvgIpc) is 2.71. The molecule has 0 aliphatic rings. The van der Waals surface area contributed by atoms with E-state index in [0.717, 1.165) is 21.6 Å². The molecule has 1 N–H and O–H groups in total. The molecule has 0 spiro atoms. The molecule has 15 heavy (non-hydrogen) atoms. The van der Waals surface area contributed by atoms with Crippen molar-refractivity contribution in [1.82, 2.24) is 15.2 Å². The Labute approximate surface area is 96.2 Å². The summed E-state index contributed by atoms with van der Waals surface area (Å²) in [5.41, 5.74) is 1.73. The molecule has 4 nitrogen and oxygen atoms in total. The maximum absolute atomic E-state index is 4.20. The van der Waals surface area contributed by atoms with Crippen molar-refractivity contribution >= 4 is 28.9 Å². The second kappa shape index (κ2) is 5.09. The summed E-state index contributed by atoms with van der Waals surface area (Å²) >= 11 is 3.14. The van der Waals surface area contributed by atoms with Crippen LogP contribution in [0.4, 0.5) is 5.82 Å². The molecule has 0 bridgehead atoms. The van der Waals surface area contributed by atoms with E-state index >= 15 is 0 Å². The molecule has 0 fully saturated rings. The van der Waals surface area contributed by atoms with Crippen LogP contribution >= 0.6 is 23.1 Å². The summed E-state index contributed by atoms with van der Waals surface area (Å²) < 4.78 is 0.948. The molecule has 0 saturated carbocycles. The summed E-state index contributed by atoms with van der Waals surface area (Å²) in [6, 6.07) is 3.97. The molecule has 0 radical (unpaired) electrons. The first-order valence-corrected chi connectivity index (χ1v) is 6.22. The van der Waals surface area contributed by atoms with Gasteiger partial charge in [0.25, 0.3) is 0 Å². The highest BCUT2D eigenvalue weighted by Crippen LogP contribution is 2.29. The zero-order chi connectivity index (χ0) is 10.5. The van der Waals surface area contributed by atoms with Gasteiger partial charge in [0.2, 0.25) is 0 Å². The monoisotopic (exact) mass is 238 g/mol. The van der Waals surface area contributed by atoms with Crippen molar-refractivity contribution in [2.75, 3.05) is 11.9 Å². The highest BCUT2D eigenvalue weighted by Gasteiger charge is 2.01. The molecule has 2 heterocycles. The van der Waals surface area contributed by atoms with E-state index in [1.165, 1.54) is 11.3 Å². The lowest BCUT2D eigenvalue weighted by Crippen LogP contribution is -1.98. The standard InChI is InChI=1S/C9H10N4S2/c1-2-10-8-5-7(3-4-11-8)15-9-13-12-6-14-9/h3-6H,2H2,1H3,(H,10,11). The molecule has 6 heteroatoms. The molecule has 0 aliphatic carbocycles. The molecule has 2 aromatic heterocycles. The first kappa shape index (κ1) is 10.4. The minimum atomic E-state index is 0.875. The maximum Gasteiger partial charge on any atom is 0.178 e. The molecular weight excluding hydrogens is 228 g/mol. The van der Waals surface area contributed by atoms with Crippen LogP contribution in [-0.2, 0) is 0 Å². The average molecular weight is 238 g/mol. The lowest BCUT2D eigenvalue weighted by atomic mass is 10.4. The Morgan fingerprint density at radius 2 is 2.47 bits per heavy atom. The van der Waals surface area contributed by atoms with E-state index in [1.807, 2.05) is 19.1 Å². The minimum Gasteiger partial charge on any atom is -0.370 e. The molecule has 2 aromatic rings. The van der Waals surface area contributed by atoms with Gasteiger partial charge in [-0.05, 0) is 19.1 Å². The van der Waals surface area contributed by atoms with Crippen molar-refractivity contribution in [3.63, 3.8) is 0 Å². The number of rotatable bonds is 4. The fourth-order valence-electron chi connectivity index (χ4n) is 1.06. The largest absolute Gasteiger partial charge is 0.370 e. The van der Waals surface area contributed by atoms with Crippen LogP contribution in [0.15, 0.2) is 33.1 Å². The molecule has 0 amide bonds. The summed E-state index contributed by atoms with van der Waals surface area (Å²) in [5.74, 6) is 0.895. The number of pyridine rings is 1. The minimum absolute atomic E-state index is 0.875. The molecule has 0 aromatic carbocycles. The molecule has 0 aliphatic heterocycles. The van der Waals surface area contributed by atoms with E-state index in [1.54, 1.807) is 23.5 Å². The number of aromatic nitrogens is 3. The Morgan fingerprint density at radius 3 is 3.20 bits per heavy atom. The van der Waals surface area contributed by atoms with Crippen molar-refractivity contribution in [1.29, 1.82) is 0 Å². The van der Waals surface area contributed by atoms with Crippen molar-refractivity contribution < 1.29 is 0 Å². The second-order valence-electron chi connectivity index (χ2n) is 2.71. The lowest BCUT2D eigenvalue weighted by molar-refractivity contribution is 1.01. The van der Waals surface area contributed by atoms with E-state index in [2.05, 4.69) is 20.5 Å². The first-order valence-electron chi connectivity index (χ1n) is 4.52. The van der Waals surface area contributed by atoms with Crippen LogP contribution < -0.4 is 5.32 Å². The molecule has 2 rings (SSSR count). The lowest BCUT2D eigenvalue weighted by Gasteiger charge is -2.03. The SMILES string of the molecule is CCNc1cc(Sc2nncs2)ccn1. The zero-order valence-corrected chi connectivity index (χ0v) is 9.81. The van der Waals surface area contributed by atoms with Gasteiger partial charge in [-0.1, -0.05) is 23.1 Å². The van der Waals surface area contributed by atoms with Crippen LogP contribution in [0.2, 0.25) is 0 Å². The summed E-state index contributed by atoms with van der Waals surface area (Å²) in [4.78, 5) is 5.32. The van der Waals surface area contributed by atoms with Gasteiger partial charge in [0, 0.05) is 17.6 Å². The van der Waals surface area contributed by atoms with Gasteiger partial charge in [-0.2, -0.15) is 0 Å². The smallest absolute Gasteiger partial charge is 0.178 e. The van der Waals surface area contributed by atoms with Crippen molar-refractivity contribution in [2.45, 2.75) is 16.2 Å². The molecular formula is C9H10N4S2. The van der Waals surface area contributed by atoms with Gasteiger partial charge in [0.1, 0.15) is 11.3 Å². The quantitative estimate of drug-likeness (QED) is 0.887. The van der Waals surface area contributed by atoms with Gasteiger partial charge in [0.05, 0.1) is 0 Å². The van der Waals surface area contributed by atoms with Crippen LogP contribution in [0.1, 0.15) is 6.92 Å². The number of hydrogen-bond donors (Lipinski definition) is 1. The maximum atomic E-state index is 4.20. The van der Waals surface area contributed by atoms with Gasteiger partial charge in [-0.3, -0.25) is 0 Å². The Balaban J connectivity index is 2.11. The van der Waals surface area contributed by atoms with Crippen LogP contribution in [0.5, 0.6) is 0 Å². The summed E-state index contributed by atoms with van der Waals surface area (Å²) in [5, 5.41) is 10.9. The number of anilines is 1. The summed E-state index contributed by atoms with van der Waals surface area (Å²) in [6.07, 6.45) is 1.79. The first-order chi connectivity index (χ1) is 7.38. The van der Waals surface area contributed by atoms with Gasteiger partial charge >= 0.3 is 0 Å². The van der Waals surface area contributed by atoms with Gasteiger partial charge in [-0.15, -0.1) is 10.2 Å². The highest BCUT2D eigenvalue weighted by molar-refractivity contribution is 8.01. The van der Waals surface area contributed by atoms with Crippen molar-refractivity contribution in [3.8, 4) is 0 Å². The number of nitrogens with one attached hydrogen (secondary N) is 1. The Bertz CT molecular complexity index is 416. The highest BCUT2D eigenvalue weighted by atomic mass is 32.2. The van der Waals surface area contributed by atoms with E-state index in [-0.39, 0.29) is 0 Å². The van der Waals surface area contributed by atoms with Crippen LogP contribution in [0, 0.1) is 0 Å². The van der Waals surface area contributed by atoms with E-state index in [4.69, 9.17) is 0 Å². The van der Waals surface area contributed by atoms with Crippen LogP contribution in [-0.4, -0.2) is 21.7 Å². The Kier molecular flexibility index (Phi) is 3.52. The summed E-state index contributed by atoms with van der Waals surface area (Å²) in [6.45, 7) is 2.92. The van der Waals surface area contributed by atoms with Gasteiger partial charge in [-0.25, -0.2) is 4.98 Å². The third-order valence-electron chi connectivity index (χ3n) is 1.63. The van der Waals surface area contributed by atoms with Crippen molar-refractivity contribution in [2.24, 2.45) is 0 Å². The Morgan fingerprint density at radius 1 is 1.53 bits per heavy atom. The predicted octanol–water partition coefficient (Wildman–Crippen LogP) is 2.52. The number of nitrogens with zero attached hydrogens (tertiary/aromatic N) is 3. The topological polar surface area (TPSA) is 50.7 Å². The predicted molar refractivity (Wildman–Crippen MR) is 62.4 cm³/mol. The molecule has 0 atom stereocenters. The summed E-state index contributed by atoms with van der Waals surface area (Å²) in [7, 11) is 0. The Hall–Kier alpha value is -1.14. The third kappa shape index (κ3) is 2.90. The fourth-order valence-corrected chi connectivity index (χ4v) is 2.54. The third-order valence-corrected chi connectivity index (χ3v) is 3.40. The van der Waals surface area contributed by atoms with Crippen LogP contribution in [0.25, 0.3) is 0 Å². The van der Waals surface area contributed by atoms with Crippen molar-refractivity contribution in [3.05, 3.63) is 23.8 Å². The molecule has 78 valence electrons. The normalized spacial score (nSPS) is 10.2. The van der Waals surface area contributed by atoms with Gasteiger partial charge in [0.15, 0.2) is 4.34 Å². The molecule has 0 unspecified atom stereocenters. The second-order valence-corrected chi connectivity index (χ2v) is 4.87. The van der Waals surface area contributed by atoms with Gasteiger partial charge < -0.3 is 5.32 Å². The fraction of sp³-hybridized carbons (Fsp3) is 0.222. The van der Waals surface area contributed by atoms with Crippen LogP contribution in [0.3, 0.4) is 0 Å². The van der Waals surface area contributed by atoms with E-state index < -0.39 is 0 Å². The molecule has 0 saturated heterocycles.